The largest absolute Gasteiger partial charge is 0.422 e. The Balaban J connectivity index is 1.35. The van der Waals surface area contributed by atoms with Gasteiger partial charge in [0, 0.05) is 16.0 Å². The van der Waals surface area contributed by atoms with Crippen LogP contribution in [-0.4, -0.2) is 18.1 Å². The Morgan fingerprint density at radius 3 is 2.53 bits per heavy atom. The highest BCUT2D eigenvalue weighted by Gasteiger charge is 2.20. The molecule has 7 heteroatoms. The molecule has 1 saturated carbocycles. The van der Waals surface area contributed by atoms with Crippen LogP contribution in [0.2, 0.25) is 5.02 Å². The van der Waals surface area contributed by atoms with Crippen molar-refractivity contribution in [2.75, 3.05) is 0 Å². The quantitative estimate of drug-likeness (QED) is 0.236. The summed E-state index contributed by atoms with van der Waals surface area (Å²) in [6.07, 6.45) is 6.87. The van der Waals surface area contributed by atoms with E-state index in [1.807, 2.05) is 24.3 Å². The number of hydrogen-bond acceptors (Lipinski definition) is 5. The second-order valence-corrected chi connectivity index (χ2v) is 8.70. The van der Waals surface area contributed by atoms with E-state index in [4.69, 9.17) is 16.3 Å². The Morgan fingerprint density at radius 2 is 1.80 bits per heavy atom. The molecule has 154 valence electrons. The van der Waals surface area contributed by atoms with Gasteiger partial charge in [-0.3, -0.25) is 4.79 Å². The maximum absolute atomic E-state index is 12.5. The Morgan fingerprint density at radius 1 is 1.07 bits per heavy atom. The smallest absolute Gasteiger partial charge is 0.355 e. The minimum absolute atomic E-state index is 0.0169. The van der Waals surface area contributed by atoms with Crippen molar-refractivity contribution in [2.45, 2.75) is 32.1 Å². The molecule has 0 bridgehead atoms. The standard InChI is InChI=1S/C23H21ClN2O3S/c24-20-18-8-4-5-9-19(18)30-21(20)23(28)29-17-12-10-15(11-13-17)14-25-26-22(27)16-6-2-1-3-7-16/h4-5,8-14,16H,1-3,6-7H2,(H,26,27)/b25-14-. The number of benzene rings is 2. The Labute approximate surface area is 183 Å². The lowest BCUT2D eigenvalue weighted by atomic mass is 9.89. The Kier molecular flexibility index (Phi) is 6.45. The third kappa shape index (κ3) is 4.71. The average Bonchev–Trinajstić information content (AvgIpc) is 3.12. The molecule has 1 amide bonds. The molecule has 1 fully saturated rings. The summed E-state index contributed by atoms with van der Waals surface area (Å²) in [6, 6.07) is 14.5. The van der Waals surface area contributed by atoms with Crippen LogP contribution in [0.25, 0.3) is 10.1 Å². The molecule has 0 radical (unpaired) electrons. The van der Waals surface area contributed by atoms with Gasteiger partial charge in [0.25, 0.3) is 0 Å². The molecular formula is C23H21ClN2O3S. The average molecular weight is 441 g/mol. The molecule has 0 spiro atoms. The fourth-order valence-electron chi connectivity index (χ4n) is 3.55. The first-order valence-corrected chi connectivity index (χ1v) is 11.1. The van der Waals surface area contributed by atoms with Gasteiger partial charge in [0.15, 0.2) is 0 Å². The molecule has 5 nitrogen and oxygen atoms in total. The van der Waals surface area contributed by atoms with E-state index in [9.17, 15) is 9.59 Å². The van der Waals surface area contributed by atoms with Crippen LogP contribution in [-0.2, 0) is 4.79 Å². The molecule has 1 aliphatic carbocycles. The van der Waals surface area contributed by atoms with Crippen molar-refractivity contribution in [1.82, 2.24) is 5.43 Å². The van der Waals surface area contributed by atoms with Gasteiger partial charge in [-0.1, -0.05) is 49.1 Å². The summed E-state index contributed by atoms with van der Waals surface area (Å²) in [5, 5.41) is 5.30. The zero-order valence-corrected chi connectivity index (χ0v) is 17.8. The molecule has 4 rings (SSSR count). The zero-order chi connectivity index (χ0) is 20.9. The lowest BCUT2D eigenvalue weighted by Crippen LogP contribution is -2.28. The predicted molar refractivity (Wildman–Crippen MR) is 121 cm³/mol. The maximum Gasteiger partial charge on any atom is 0.355 e. The van der Waals surface area contributed by atoms with Crippen molar-refractivity contribution in [3.8, 4) is 5.75 Å². The molecule has 1 aliphatic rings. The van der Waals surface area contributed by atoms with Crippen molar-refractivity contribution >= 4 is 51.1 Å². The van der Waals surface area contributed by atoms with E-state index >= 15 is 0 Å². The highest BCUT2D eigenvalue weighted by molar-refractivity contribution is 7.21. The predicted octanol–water partition coefficient (Wildman–Crippen LogP) is 5.80. The van der Waals surface area contributed by atoms with Crippen molar-refractivity contribution in [3.05, 3.63) is 64.0 Å². The number of thiophene rings is 1. The molecule has 1 N–H and O–H groups in total. The third-order valence-electron chi connectivity index (χ3n) is 5.18. The first-order valence-electron chi connectivity index (χ1n) is 9.94. The van der Waals surface area contributed by atoms with Crippen LogP contribution in [0.3, 0.4) is 0 Å². The number of amides is 1. The highest BCUT2D eigenvalue weighted by Crippen LogP contribution is 2.35. The molecular weight excluding hydrogens is 420 g/mol. The van der Waals surface area contributed by atoms with Gasteiger partial charge in [-0.25, -0.2) is 10.2 Å². The maximum atomic E-state index is 12.5. The number of carbonyl (C=O) groups is 2. The van der Waals surface area contributed by atoms with E-state index in [1.54, 1.807) is 30.5 Å². The van der Waals surface area contributed by atoms with Gasteiger partial charge < -0.3 is 4.74 Å². The molecule has 30 heavy (non-hydrogen) atoms. The SMILES string of the molecule is O=C(Oc1ccc(/C=N\NC(=O)C2CCCCC2)cc1)c1sc2ccccc2c1Cl. The van der Waals surface area contributed by atoms with E-state index in [-0.39, 0.29) is 11.8 Å². The molecule has 0 atom stereocenters. The Hall–Kier alpha value is -2.70. The normalized spacial score (nSPS) is 14.8. The number of esters is 1. The van der Waals surface area contributed by atoms with Crippen LogP contribution in [0.5, 0.6) is 5.75 Å². The number of nitrogens with one attached hydrogen (secondary N) is 1. The molecule has 0 saturated heterocycles. The topological polar surface area (TPSA) is 67.8 Å². The van der Waals surface area contributed by atoms with Crippen molar-refractivity contribution in [1.29, 1.82) is 0 Å². The van der Waals surface area contributed by atoms with Crippen LogP contribution in [0.1, 0.15) is 47.3 Å². The van der Waals surface area contributed by atoms with E-state index in [1.165, 1.54) is 17.8 Å². The molecule has 0 unspecified atom stereocenters. The Bertz CT molecular complexity index is 1090. The molecule has 1 heterocycles. The van der Waals surface area contributed by atoms with E-state index in [0.717, 1.165) is 41.3 Å². The van der Waals surface area contributed by atoms with Crippen LogP contribution in [0.15, 0.2) is 53.6 Å². The summed E-state index contributed by atoms with van der Waals surface area (Å²) in [5.74, 6) is -0.0191. The van der Waals surface area contributed by atoms with Gasteiger partial charge >= 0.3 is 5.97 Å². The highest BCUT2D eigenvalue weighted by atomic mass is 35.5. The summed E-state index contributed by atoms with van der Waals surface area (Å²) >= 11 is 7.65. The fourth-order valence-corrected chi connectivity index (χ4v) is 4.93. The van der Waals surface area contributed by atoms with Gasteiger partial charge in [0.1, 0.15) is 10.6 Å². The number of halogens is 1. The van der Waals surface area contributed by atoms with Crippen LogP contribution >= 0.6 is 22.9 Å². The number of nitrogens with zero attached hydrogens (tertiary/aromatic N) is 1. The molecule has 2 aromatic carbocycles. The monoisotopic (exact) mass is 440 g/mol. The lowest BCUT2D eigenvalue weighted by Gasteiger charge is -2.19. The number of fused-ring (bicyclic) bond motifs is 1. The summed E-state index contributed by atoms with van der Waals surface area (Å²) in [7, 11) is 0. The van der Waals surface area contributed by atoms with Crippen molar-refractivity contribution in [2.24, 2.45) is 11.0 Å². The lowest BCUT2D eigenvalue weighted by molar-refractivity contribution is -0.125. The van der Waals surface area contributed by atoms with Gasteiger partial charge in [0.05, 0.1) is 11.2 Å². The number of rotatable bonds is 5. The molecule has 1 aromatic heterocycles. The third-order valence-corrected chi connectivity index (χ3v) is 6.83. The van der Waals surface area contributed by atoms with E-state index in [2.05, 4.69) is 10.5 Å². The fraction of sp³-hybridized carbons (Fsp3) is 0.261. The van der Waals surface area contributed by atoms with Crippen LogP contribution in [0.4, 0.5) is 0 Å². The molecule has 3 aromatic rings. The van der Waals surface area contributed by atoms with Gasteiger partial charge in [-0.15, -0.1) is 11.3 Å². The zero-order valence-electron chi connectivity index (χ0n) is 16.3. The first-order chi connectivity index (χ1) is 14.6. The summed E-state index contributed by atoms with van der Waals surface area (Å²) in [4.78, 5) is 25.0. The van der Waals surface area contributed by atoms with Gasteiger partial charge in [-0.05, 0) is 48.7 Å². The minimum Gasteiger partial charge on any atom is -0.422 e. The van der Waals surface area contributed by atoms with Crippen LogP contribution in [0, 0.1) is 5.92 Å². The van der Waals surface area contributed by atoms with Crippen LogP contribution < -0.4 is 10.2 Å². The van der Waals surface area contributed by atoms with E-state index < -0.39 is 5.97 Å². The first kappa shape index (κ1) is 20.6. The number of ether oxygens (including phenoxy) is 1. The summed E-state index contributed by atoms with van der Waals surface area (Å²) in [6.45, 7) is 0. The molecule has 0 aliphatic heterocycles. The summed E-state index contributed by atoms with van der Waals surface area (Å²) < 4.78 is 6.40. The summed E-state index contributed by atoms with van der Waals surface area (Å²) in [5.41, 5.74) is 3.41. The van der Waals surface area contributed by atoms with Crippen molar-refractivity contribution < 1.29 is 14.3 Å². The van der Waals surface area contributed by atoms with E-state index in [0.29, 0.717) is 15.6 Å². The van der Waals surface area contributed by atoms with Gasteiger partial charge in [-0.2, -0.15) is 5.10 Å². The number of hydrazone groups is 1. The number of carbonyl (C=O) groups excluding carboxylic acids is 2. The second-order valence-electron chi connectivity index (χ2n) is 7.27. The van der Waals surface area contributed by atoms with Gasteiger partial charge in [0.2, 0.25) is 5.91 Å². The minimum atomic E-state index is -0.484. The second kappa shape index (κ2) is 9.41. The van der Waals surface area contributed by atoms with Crippen molar-refractivity contribution in [3.63, 3.8) is 0 Å². The number of hydrogen-bond donors (Lipinski definition) is 1.